The Bertz CT molecular complexity index is 4510. The van der Waals surface area contributed by atoms with Crippen LogP contribution >= 0.6 is 0 Å². The van der Waals surface area contributed by atoms with E-state index in [2.05, 4.69) is 393 Å². The van der Waals surface area contributed by atoms with Gasteiger partial charge in [0.2, 0.25) is 35.7 Å². The van der Waals surface area contributed by atoms with Crippen molar-refractivity contribution in [3.05, 3.63) is 0 Å². The maximum atomic E-state index is 7.52. The van der Waals surface area contributed by atoms with Gasteiger partial charge in [-0.15, -0.1) is 0 Å². The predicted octanol–water partition coefficient (Wildman–Crippen LogP) is 21.1. The first-order chi connectivity index (χ1) is 67.6. The summed E-state index contributed by atoms with van der Waals surface area (Å²) in [6.45, 7) is 107. The van der Waals surface area contributed by atoms with E-state index in [-0.39, 0.29) is 189 Å². The van der Waals surface area contributed by atoms with Crippen molar-refractivity contribution in [3.63, 3.8) is 0 Å². The van der Waals surface area contributed by atoms with Crippen LogP contribution in [-0.2, 0) is 0 Å². The van der Waals surface area contributed by atoms with Gasteiger partial charge < -0.3 is 102 Å². The standard InChI is InChI=1S/C120H222N26O3/c1-99(2)57-79(58-100(3,4)130-99)142(91-122-94(128-97(125-91)148-88-75-117(37,38)139-118(39,40)76-88)145(83-65-107(17,18)134-108(19,20)66-83)84-67-109(21,22)135-110(23,24)68-84)55-51-47-45-49-53-141(90-121-93(127-96(124-90)147-87-73-115(33,34)138-116(35,36)74-87)144(81-61-103(9,10)132-104(11,12)62-81)82-63-105(13,14)133-106(15,16)64-82)54-50-46-48-52-56-143(80-59-101(5,6)131-102(7,8)60-80)92-123-95(129-98(126-92)149-89-77-119(41,42)140-120(43,44)78-89)146(85-69-111(25,26)136-112(27,28)70-85)86-71-113(29,30)137-114(31,32)72-86/h79-89,130-140H,45-78H2,1-44H3. The third-order valence-electron chi connectivity index (χ3n) is 34.3. The second-order valence-corrected chi connectivity index (χ2v) is 64.8. The highest BCUT2D eigenvalue weighted by molar-refractivity contribution is 5.49. The van der Waals surface area contributed by atoms with Gasteiger partial charge in [0.05, 0.1) is 0 Å². The Labute approximate surface area is 907 Å². The van der Waals surface area contributed by atoms with Crippen molar-refractivity contribution in [2.75, 3.05) is 55.6 Å². The topological polar surface area (TPSA) is 295 Å². The van der Waals surface area contributed by atoms with Crippen molar-refractivity contribution in [1.29, 1.82) is 0 Å². The molecule has 11 aliphatic rings. The van der Waals surface area contributed by atoms with Gasteiger partial charge in [-0.1, -0.05) is 25.7 Å². The third-order valence-corrected chi connectivity index (χ3v) is 34.3. The minimum atomic E-state index is -0.186. The van der Waals surface area contributed by atoms with Gasteiger partial charge in [0.15, 0.2) is 0 Å². The second kappa shape index (κ2) is 41.9. The molecule has 850 valence electrons. The van der Waals surface area contributed by atoms with Crippen molar-refractivity contribution in [2.45, 2.75) is 686 Å². The fraction of sp³-hybridized carbons (Fsp3) is 0.925. The van der Waals surface area contributed by atoms with Crippen molar-refractivity contribution in [1.82, 2.24) is 103 Å². The first-order valence-electron chi connectivity index (χ1n) is 59.3. The lowest BCUT2D eigenvalue weighted by Gasteiger charge is -2.55. The van der Waals surface area contributed by atoms with Crippen LogP contribution in [-0.4, -0.2) is 260 Å². The van der Waals surface area contributed by atoms with Crippen LogP contribution in [0, 0.1) is 0 Å². The highest BCUT2D eigenvalue weighted by atomic mass is 16.5. The Kier molecular flexibility index (Phi) is 33.5. The van der Waals surface area contributed by atoms with Crippen LogP contribution < -0.4 is 102 Å². The number of hydrogen-bond acceptors (Lipinski definition) is 29. The Morgan fingerprint density at radius 3 is 0.490 bits per heavy atom. The van der Waals surface area contributed by atoms with Crippen LogP contribution in [0.3, 0.4) is 0 Å². The molecule has 29 nitrogen and oxygen atoms in total. The number of nitrogens with zero attached hydrogens (tertiary/aromatic N) is 15. The summed E-state index contributed by atoms with van der Waals surface area (Å²) in [6, 6.07) is 2.32. The molecule has 0 aromatic carbocycles. The van der Waals surface area contributed by atoms with E-state index >= 15 is 0 Å². The van der Waals surface area contributed by atoms with Gasteiger partial charge >= 0.3 is 18.0 Å². The second-order valence-electron chi connectivity index (χ2n) is 64.8. The molecule has 3 aromatic rings. The molecule has 11 aliphatic heterocycles. The molecule has 0 saturated carbocycles. The van der Waals surface area contributed by atoms with Crippen LogP contribution in [0.2, 0.25) is 0 Å². The van der Waals surface area contributed by atoms with E-state index in [0.717, 1.165) is 249 Å². The van der Waals surface area contributed by atoms with Crippen molar-refractivity contribution >= 4 is 35.7 Å². The summed E-state index contributed by atoms with van der Waals surface area (Å²) in [5, 5.41) is 44.6. The Morgan fingerprint density at radius 2 is 0.309 bits per heavy atom. The third kappa shape index (κ3) is 33.0. The van der Waals surface area contributed by atoms with E-state index in [4.69, 9.17) is 59.1 Å². The molecule has 14 heterocycles. The lowest BCUT2D eigenvalue weighted by Crippen LogP contribution is -2.67. The molecular formula is C120H222N26O3. The van der Waals surface area contributed by atoms with E-state index in [1.165, 1.54) is 0 Å². The zero-order chi connectivity index (χ0) is 110. The molecule has 0 bridgehead atoms. The maximum absolute atomic E-state index is 7.52. The zero-order valence-corrected chi connectivity index (χ0v) is 103. The van der Waals surface area contributed by atoms with Gasteiger partial charge in [0.25, 0.3) is 0 Å². The molecule has 0 radical (unpaired) electrons. The van der Waals surface area contributed by atoms with Gasteiger partial charge in [0, 0.05) is 235 Å². The van der Waals surface area contributed by atoms with Crippen molar-refractivity contribution in [3.8, 4) is 18.0 Å². The smallest absolute Gasteiger partial charge is 0.323 e. The van der Waals surface area contributed by atoms with Crippen LogP contribution in [0.25, 0.3) is 0 Å². The lowest BCUT2D eigenvalue weighted by atomic mass is 9.75. The summed E-state index contributed by atoms with van der Waals surface area (Å²) in [6.07, 6.45) is 27.2. The van der Waals surface area contributed by atoms with Crippen molar-refractivity contribution < 1.29 is 14.2 Å². The quantitative estimate of drug-likeness (QED) is 0.0248. The minimum Gasteiger partial charge on any atom is -0.460 e. The Hall–Kier alpha value is -5.21. The summed E-state index contributed by atoms with van der Waals surface area (Å²) >= 11 is 0. The van der Waals surface area contributed by atoms with E-state index in [0.29, 0.717) is 24.0 Å². The fourth-order valence-corrected chi connectivity index (χ4v) is 34.0. The molecular weight excluding hydrogens is 1850 g/mol. The SMILES string of the molecule is CC1(C)CC(Oc2nc(N(CCCCCCN(c3nc(OC4CC(C)(C)NC(C)(C)C4)nc(N(C4CC(C)(C)NC(C)(C)C4)C4CC(C)(C)NC(C)(C)C4)n3)C3CC(C)(C)NC(C)(C)C3)CCCCCCN(c3nc(OC4CC(C)(C)NC(C)(C)C4)nc(N(C4CC(C)(C)NC(C)(C)C4)C4CC(C)(C)NC(C)(C)C4)n3)C3CC(C)(C)NC(C)(C)C3)nc(N(C3CC(C)(C)NC(C)(C)C3)C3CC(C)(C)NC(C)(C)C3)n2)CC(C)(C)N1. The summed E-state index contributed by atoms with van der Waals surface area (Å²) < 4.78 is 22.4. The first-order valence-corrected chi connectivity index (χ1v) is 59.3. The molecule has 0 aliphatic carbocycles. The number of anilines is 6. The predicted molar refractivity (Wildman–Crippen MR) is 620 cm³/mol. The molecule has 0 spiro atoms. The number of ether oxygens (including phenoxy) is 3. The van der Waals surface area contributed by atoms with Gasteiger partial charge in [-0.2, -0.15) is 44.9 Å². The molecule has 29 heteroatoms. The molecule has 0 amide bonds. The van der Waals surface area contributed by atoms with Gasteiger partial charge in [0.1, 0.15) is 18.3 Å². The monoisotopic (exact) mass is 2080 g/mol. The molecule has 3 aromatic heterocycles. The molecule has 0 atom stereocenters. The van der Waals surface area contributed by atoms with Gasteiger partial charge in [-0.3, -0.25) is 0 Å². The van der Waals surface area contributed by atoms with Crippen LogP contribution in [0.4, 0.5) is 35.7 Å². The van der Waals surface area contributed by atoms with Crippen LogP contribution in [0.1, 0.15) is 497 Å². The number of hydrogen-bond donors (Lipinski definition) is 11. The summed E-state index contributed by atoms with van der Waals surface area (Å²) in [5.74, 6) is 4.38. The number of piperidine rings is 11. The maximum Gasteiger partial charge on any atom is 0.323 e. The van der Waals surface area contributed by atoms with Crippen LogP contribution in [0.5, 0.6) is 18.0 Å². The summed E-state index contributed by atoms with van der Waals surface area (Å²) in [7, 11) is 0. The first kappa shape index (κ1) is 119. The number of unbranched alkanes of at least 4 members (excludes halogenated alkanes) is 6. The van der Waals surface area contributed by atoms with Gasteiger partial charge in [-0.05, 0) is 433 Å². The van der Waals surface area contributed by atoms with E-state index in [9.17, 15) is 0 Å². The highest BCUT2D eigenvalue weighted by Gasteiger charge is 2.56. The van der Waals surface area contributed by atoms with E-state index < -0.39 is 0 Å². The van der Waals surface area contributed by atoms with Crippen LogP contribution in [0.15, 0.2) is 0 Å². The Morgan fingerprint density at radius 1 is 0.168 bits per heavy atom. The number of nitrogens with one attached hydrogen (secondary N) is 11. The molecule has 14 rings (SSSR count). The molecule has 0 unspecified atom stereocenters. The molecule has 149 heavy (non-hydrogen) atoms. The van der Waals surface area contributed by atoms with E-state index in [1.807, 2.05) is 0 Å². The summed E-state index contributed by atoms with van der Waals surface area (Å²) in [5.41, 5.74) is -3.51. The largest absolute Gasteiger partial charge is 0.460 e. The fourth-order valence-electron chi connectivity index (χ4n) is 34.0. The lowest BCUT2D eigenvalue weighted by molar-refractivity contribution is 0.0489. The van der Waals surface area contributed by atoms with Crippen molar-refractivity contribution in [2.24, 2.45) is 0 Å². The Balaban J connectivity index is 0.840. The highest BCUT2D eigenvalue weighted by Crippen LogP contribution is 2.49. The van der Waals surface area contributed by atoms with E-state index in [1.54, 1.807) is 0 Å². The molecule has 11 N–H and O–H groups in total. The molecule has 11 fully saturated rings. The number of rotatable bonds is 34. The minimum absolute atomic E-state index is 0.116. The average molecular weight is 2080 g/mol. The molecule has 11 saturated heterocycles. The zero-order valence-electron chi connectivity index (χ0n) is 103. The number of aromatic nitrogens is 9. The average Bonchev–Trinajstić information content (AvgIpc) is 0.749. The normalized spacial score (nSPS) is 27.8. The van der Waals surface area contributed by atoms with Gasteiger partial charge in [-0.25, -0.2) is 0 Å². The summed E-state index contributed by atoms with van der Waals surface area (Å²) in [4.78, 5) is 68.4.